The number of nitrogens with two attached hydrogens (primary N) is 3. The standard InChI is InChI=1S/C66H75N13O6/c67-34-10-7-19-58(76-61(80)37-43-40-70-55-16-4-1-13-52(43)55)64(83)73-46-22-28-49(29-23-46)79(50-30-24-47(25-31-50)74-65(84)59(20-8-11-35-68)77-62(81)38-44-41-71-56-17-5-2-14-53(44)56)51-32-26-48(27-33-51)75-66(85)60(21-9-12-36-69)78-63(82)39-45-42-72-57-18-6-3-15-54(45)57/h1-6,13-18,22-33,40-42,58-60,70-72H,7-12,19-21,34-39,67-69H2,(H,73,83)(H,74,84)(H,75,85)(H,76,80)(H,77,81)(H,78,82)/t58-,59-,60-/m1/s1. The van der Waals surface area contributed by atoms with Crippen molar-refractivity contribution in [2.75, 3.05) is 40.5 Å². The number of fused-ring (bicyclic) bond motifs is 3. The van der Waals surface area contributed by atoms with Gasteiger partial charge in [0.25, 0.3) is 0 Å². The van der Waals surface area contributed by atoms with Crippen molar-refractivity contribution in [2.24, 2.45) is 17.2 Å². The molecule has 0 fully saturated rings. The van der Waals surface area contributed by atoms with E-state index in [9.17, 15) is 28.8 Å². The molecule has 19 nitrogen and oxygen atoms in total. The summed E-state index contributed by atoms with van der Waals surface area (Å²) >= 11 is 0. The molecule has 9 rings (SSSR count). The Bertz CT molecular complexity index is 3320. The van der Waals surface area contributed by atoms with E-state index in [0.717, 1.165) is 49.4 Å². The SMILES string of the molecule is NCCCC[C@@H](NC(=O)Cc1c[nH]c2ccccc12)C(=O)Nc1ccc(N(c2ccc(NC(=O)[C@@H](CCCCN)NC(=O)Cc3c[nH]c4ccccc34)cc2)c2ccc(NC(=O)[C@@H](CCCCN)NC(=O)Cc3c[nH]c4ccccc34)cc2)cc1. The van der Waals surface area contributed by atoms with Crippen LogP contribution in [0.25, 0.3) is 32.7 Å². The van der Waals surface area contributed by atoms with E-state index < -0.39 is 18.1 Å². The molecule has 0 saturated carbocycles. The van der Waals surface area contributed by atoms with Gasteiger partial charge in [-0.1, -0.05) is 54.6 Å². The lowest BCUT2D eigenvalue weighted by atomic mass is 10.1. The van der Waals surface area contributed by atoms with Gasteiger partial charge in [0.05, 0.1) is 19.3 Å². The van der Waals surface area contributed by atoms with Gasteiger partial charge in [-0.25, -0.2) is 0 Å². The number of hydrogen-bond acceptors (Lipinski definition) is 10. The summed E-state index contributed by atoms with van der Waals surface area (Å²) in [5, 5.41) is 20.8. The van der Waals surface area contributed by atoms with E-state index in [1.165, 1.54) is 0 Å². The second-order valence-electron chi connectivity index (χ2n) is 21.3. The molecule has 19 heteroatoms. The highest BCUT2D eigenvalue weighted by Crippen LogP contribution is 2.37. The molecule has 0 aliphatic carbocycles. The summed E-state index contributed by atoms with van der Waals surface area (Å²) in [5.74, 6) is -1.94. The maximum Gasteiger partial charge on any atom is 0.246 e. The second-order valence-corrected chi connectivity index (χ2v) is 21.3. The summed E-state index contributed by atoms with van der Waals surface area (Å²) in [5.41, 5.74) is 26.3. The van der Waals surface area contributed by atoms with Crippen LogP contribution in [0.4, 0.5) is 34.1 Å². The van der Waals surface area contributed by atoms with Gasteiger partial charge in [-0.05, 0) is 185 Å². The van der Waals surface area contributed by atoms with Crippen molar-refractivity contribution in [2.45, 2.75) is 95.2 Å². The summed E-state index contributed by atoms with van der Waals surface area (Å²) in [4.78, 5) is 94.0. The zero-order valence-corrected chi connectivity index (χ0v) is 47.6. The molecule has 0 radical (unpaired) electrons. The summed E-state index contributed by atoms with van der Waals surface area (Å²) in [7, 11) is 0. The first kappa shape index (κ1) is 60.0. The Hall–Kier alpha value is -9.56. The molecular formula is C66H75N13O6. The van der Waals surface area contributed by atoms with E-state index in [-0.39, 0.29) is 54.7 Å². The van der Waals surface area contributed by atoms with E-state index in [0.29, 0.717) is 112 Å². The zero-order chi connectivity index (χ0) is 59.5. The van der Waals surface area contributed by atoms with Gasteiger partial charge in [-0.3, -0.25) is 28.8 Å². The van der Waals surface area contributed by atoms with Gasteiger partial charge in [0.15, 0.2) is 0 Å². The highest BCUT2D eigenvalue weighted by Gasteiger charge is 2.26. The summed E-state index contributed by atoms with van der Waals surface area (Å²) in [6, 6.07) is 42.6. The number of rotatable bonds is 30. The fourth-order valence-corrected chi connectivity index (χ4v) is 10.6. The first-order chi connectivity index (χ1) is 41.5. The van der Waals surface area contributed by atoms with Crippen LogP contribution in [-0.2, 0) is 48.0 Å². The largest absolute Gasteiger partial charge is 0.361 e. The molecular weight excluding hydrogens is 1070 g/mol. The normalized spacial score (nSPS) is 12.3. The van der Waals surface area contributed by atoms with E-state index in [4.69, 9.17) is 17.2 Å². The van der Waals surface area contributed by atoms with E-state index in [1.807, 2.05) is 133 Å². The number of amides is 6. The van der Waals surface area contributed by atoms with Crippen molar-refractivity contribution >= 4 is 102 Å². The minimum Gasteiger partial charge on any atom is -0.361 e. The Morgan fingerprint density at radius 2 is 0.635 bits per heavy atom. The van der Waals surface area contributed by atoms with Crippen LogP contribution in [0.3, 0.4) is 0 Å². The van der Waals surface area contributed by atoms with Crippen LogP contribution in [0, 0.1) is 0 Å². The molecule has 0 bridgehead atoms. The molecule has 15 N–H and O–H groups in total. The lowest BCUT2D eigenvalue weighted by Gasteiger charge is -2.26. The predicted octanol–water partition coefficient (Wildman–Crippen LogP) is 8.99. The summed E-state index contributed by atoms with van der Waals surface area (Å²) < 4.78 is 0. The third kappa shape index (κ3) is 16.2. The summed E-state index contributed by atoms with van der Waals surface area (Å²) in [6.45, 7) is 1.37. The highest BCUT2D eigenvalue weighted by molar-refractivity contribution is 6.01. The molecule has 440 valence electrons. The third-order valence-electron chi connectivity index (χ3n) is 15.1. The Morgan fingerprint density at radius 1 is 0.365 bits per heavy atom. The van der Waals surface area contributed by atoms with Gasteiger partial charge in [0.2, 0.25) is 35.4 Å². The fraction of sp³-hybridized carbons (Fsp3) is 0.273. The van der Waals surface area contributed by atoms with Gasteiger partial charge in [0, 0.05) is 85.4 Å². The molecule has 85 heavy (non-hydrogen) atoms. The number of anilines is 6. The predicted molar refractivity (Wildman–Crippen MR) is 338 cm³/mol. The molecule has 0 aliphatic rings. The zero-order valence-electron chi connectivity index (χ0n) is 47.6. The number of aromatic nitrogens is 3. The first-order valence-electron chi connectivity index (χ1n) is 29.1. The van der Waals surface area contributed by atoms with Crippen LogP contribution < -0.4 is 54.0 Å². The lowest BCUT2D eigenvalue weighted by molar-refractivity contribution is -0.126. The van der Waals surface area contributed by atoms with Gasteiger partial charge < -0.3 is 69.0 Å². The molecule has 0 spiro atoms. The molecule has 0 unspecified atom stereocenters. The molecule has 0 saturated heterocycles. The van der Waals surface area contributed by atoms with E-state index >= 15 is 0 Å². The molecule has 9 aromatic rings. The summed E-state index contributed by atoms with van der Waals surface area (Å²) in [6.07, 6.45) is 10.9. The Labute approximate surface area is 493 Å². The van der Waals surface area contributed by atoms with Crippen molar-refractivity contribution in [3.05, 3.63) is 181 Å². The minimum atomic E-state index is -0.816. The number of nitrogens with zero attached hydrogens (tertiary/aromatic N) is 1. The Morgan fingerprint density at radius 3 is 0.906 bits per heavy atom. The van der Waals surface area contributed by atoms with Crippen LogP contribution in [-0.4, -0.2) is 88.2 Å². The van der Waals surface area contributed by atoms with Crippen LogP contribution in [0.1, 0.15) is 74.5 Å². The number of aromatic amines is 3. The van der Waals surface area contributed by atoms with Crippen molar-refractivity contribution < 1.29 is 28.8 Å². The number of benzene rings is 6. The molecule has 3 atom stereocenters. The molecule has 6 amide bonds. The van der Waals surface area contributed by atoms with Crippen molar-refractivity contribution in [3.8, 4) is 0 Å². The number of hydrogen-bond donors (Lipinski definition) is 12. The average molecular weight is 1150 g/mol. The number of carbonyl (C=O) groups excluding carboxylic acids is 6. The Balaban J connectivity index is 0.925. The van der Waals surface area contributed by atoms with Gasteiger partial charge in [-0.2, -0.15) is 0 Å². The van der Waals surface area contributed by atoms with Crippen LogP contribution in [0.5, 0.6) is 0 Å². The lowest BCUT2D eigenvalue weighted by Crippen LogP contribution is -2.44. The fourth-order valence-electron chi connectivity index (χ4n) is 10.6. The Kier molecular flexibility index (Phi) is 20.9. The number of nitrogens with one attached hydrogen (secondary N) is 9. The third-order valence-corrected chi connectivity index (χ3v) is 15.1. The molecule has 0 aliphatic heterocycles. The highest BCUT2D eigenvalue weighted by atomic mass is 16.2. The van der Waals surface area contributed by atoms with E-state index in [2.05, 4.69) is 46.9 Å². The van der Waals surface area contributed by atoms with Crippen LogP contribution in [0.15, 0.2) is 164 Å². The van der Waals surface area contributed by atoms with Crippen molar-refractivity contribution in [3.63, 3.8) is 0 Å². The average Bonchev–Trinajstić information content (AvgIpc) is 4.40. The molecule has 3 heterocycles. The van der Waals surface area contributed by atoms with Crippen molar-refractivity contribution in [1.82, 2.24) is 30.9 Å². The quantitative estimate of drug-likeness (QED) is 0.0190. The van der Waals surface area contributed by atoms with Crippen molar-refractivity contribution in [1.29, 1.82) is 0 Å². The second kappa shape index (κ2) is 29.6. The molecule has 6 aromatic carbocycles. The van der Waals surface area contributed by atoms with Crippen LogP contribution >= 0.6 is 0 Å². The maximum atomic E-state index is 14.0. The van der Waals surface area contributed by atoms with E-state index in [1.54, 1.807) is 36.4 Å². The van der Waals surface area contributed by atoms with Gasteiger partial charge >= 0.3 is 0 Å². The molecule has 3 aromatic heterocycles. The first-order valence-corrected chi connectivity index (χ1v) is 29.1. The minimum absolute atomic E-state index is 0.0953. The number of para-hydroxylation sites is 3. The maximum absolute atomic E-state index is 14.0. The van der Waals surface area contributed by atoms with Gasteiger partial charge in [-0.15, -0.1) is 0 Å². The number of unbranched alkanes of at least 4 members (excludes halogenated alkanes) is 3. The monoisotopic (exact) mass is 1150 g/mol. The number of carbonyl (C=O) groups is 6. The van der Waals surface area contributed by atoms with Crippen LogP contribution in [0.2, 0.25) is 0 Å². The van der Waals surface area contributed by atoms with Gasteiger partial charge in [0.1, 0.15) is 18.1 Å². The smallest absolute Gasteiger partial charge is 0.246 e. The topological polar surface area (TPSA) is 303 Å². The number of H-pyrrole nitrogens is 3.